The molecule has 3 heteroatoms. The normalized spacial score (nSPS) is 10.5. The zero-order valence-corrected chi connectivity index (χ0v) is 12.7. The molecular formula is C18H21NO2. The van der Waals surface area contributed by atoms with E-state index in [0.29, 0.717) is 17.9 Å². The zero-order valence-electron chi connectivity index (χ0n) is 12.7. The fraction of sp³-hybridized carbons (Fsp3) is 0.278. The van der Waals surface area contributed by atoms with Crippen molar-refractivity contribution in [3.05, 3.63) is 65.7 Å². The predicted octanol–water partition coefficient (Wildman–Crippen LogP) is 3.75. The van der Waals surface area contributed by atoms with Gasteiger partial charge < -0.3 is 9.64 Å². The van der Waals surface area contributed by atoms with Crippen molar-refractivity contribution >= 4 is 5.91 Å². The van der Waals surface area contributed by atoms with Crippen LogP contribution >= 0.6 is 0 Å². The Labute approximate surface area is 126 Å². The third kappa shape index (κ3) is 3.85. The second kappa shape index (κ2) is 6.93. The molecule has 0 unspecified atom stereocenters. The van der Waals surface area contributed by atoms with Gasteiger partial charge in [-0.3, -0.25) is 4.79 Å². The first-order valence-corrected chi connectivity index (χ1v) is 7.10. The van der Waals surface area contributed by atoms with E-state index in [9.17, 15) is 4.79 Å². The van der Waals surface area contributed by atoms with Gasteiger partial charge in [-0.05, 0) is 37.6 Å². The lowest BCUT2D eigenvalue weighted by molar-refractivity contribution is 0.0690. The molecule has 2 aromatic carbocycles. The van der Waals surface area contributed by atoms with Crippen LogP contribution in [0, 0.1) is 0 Å². The van der Waals surface area contributed by atoms with Gasteiger partial charge in [0.2, 0.25) is 0 Å². The van der Waals surface area contributed by atoms with Crippen LogP contribution in [0.2, 0.25) is 0 Å². The quantitative estimate of drug-likeness (QED) is 0.836. The molecule has 0 aromatic heterocycles. The Morgan fingerprint density at radius 2 is 1.81 bits per heavy atom. The molecule has 0 heterocycles. The third-order valence-corrected chi connectivity index (χ3v) is 3.40. The van der Waals surface area contributed by atoms with Crippen molar-refractivity contribution in [2.24, 2.45) is 0 Å². The summed E-state index contributed by atoms with van der Waals surface area (Å²) in [4.78, 5) is 14.6. The highest BCUT2D eigenvalue weighted by Crippen LogP contribution is 2.17. The molecule has 0 saturated carbocycles. The fourth-order valence-electron chi connectivity index (χ4n) is 2.19. The van der Waals surface area contributed by atoms with Crippen molar-refractivity contribution in [1.29, 1.82) is 0 Å². The SMILES string of the molecule is COc1cccc(C(=O)N(Cc2ccccc2)C(C)C)c1. The lowest BCUT2D eigenvalue weighted by Gasteiger charge is -2.27. The van der Waals surface area contributed by atoms with E-state index in [1.165, 1.54) is 0 Å². The number of hydrogen-bond donors (Lipinski definition) is 0. The molecule has 0 aliphatic carbocycles. The Bertz CT molecular complexity index is 593. The number of nitrogens with zero attached hydrogens (tertiary/aromatic N) is 1. The van der Waals surface area contributed by atoms with E-state index in [4.69, 9.17) is 4.74 Å². The summed E-state index contributed by atoms with van der Waals surface area (Å²) >= 11 is 0. The van der Waals surface area contributed by atoms with Crippen LogP contribution in [-0.4, -0.2) is 24.0 Å². The summed E-state index contributed by atoms with van der Waals surface area (Å²) in [6, 6.07) is 17.4. The molecule has 0 saturated heterocycles. The van der Waals surface area contributed by atoms with Crippen molar-refractivity contribution in [3.8, 4) is 5.75 Å². The second-order valence-corrected chi connectivity index (χ2v) is 5.24. The maximum Gasteiger partial charge on any atom is 0.254 e. The summed E-state index contributed by atoms with van der Waals surface area (Å²) in [5.41, 5.74) is 1.78. The second-order valence-electron chi connectivity index (χ2n) is 5.24. The Kier molecular flexibility index (Phi) is 4.99. The van der Waals surface area contributed by atoms with Gasteiger partial charge in [0.15, 0.2) is 0 Å². The minimum atomic E-state index is 0.0211. The van der Waals surface area contributed by atoms with Crippen molar-refractivity contribution in [2.45, 2.75) is 26.4 Å². The number of methoxy groups -OCH3 is 1. The average Bonchev–Trinajstić information content (AvgIpc) is 2.52. The van der Waals surface area contributed by atoms with Gasteiger partial charge in [-0.15, -0.1) is 0 Å². The van der Waals surface area contributed by atoms with Crippen molar-refractivity contribution < 1.29 is 9.53 Å². The molecule has 0 aliphatic heterocycles. The lowest BCUT2D eigenvalue weighted by atomic mass is 10.1. The van der Waals surface area contributed by atoms with Gasteiger partial charge in [0.25, 0.3) is 5.91 Å². The summed E-state index contributed by atoms with van der Waals surface area (Å²) in [5.74, 6) is 0.719. The van der Waals surface area contributed by atoms with Gasteiger partial charge in [0.05, 0.1) is 7.11 Å². The van der Waals surface area contributed by atoms with E-state index in [2.05, 4.69) is 0 Å². The topological polar surface area (TPSA) is 29.5 Å². The number of hydrogen-bond acceptors (Lipinski definition) is 2. The Morgan fingerprint density at radius 3 is 2.43 bits per heavy atom. The molecular weight excluding hydrogens is 262 g/mol. The van der Waals surface area contributed by atoms with E-state index in [0.717, 1.165) is 5.56 Å². The molecule has 0 atom stereocenters. The van der Waals surface area contributed by atoms with Gasteiger partial charge in [0.1, 0.15) is 5.75 Å². The smallest absolute Gasteiger partial charge is 0.254 e. The summed E-state index contributed by atoms with van der Waals surface area (Å²) in [5, 5.41) is 0. The molecule has 1 amide bonds. The maximum absolute atomic E-state index is 12.7. The Balaban J connectivity index is 2.23. The Morgan fingerprint density at radius 1 is 1.10 bits per heavy atom. The molecule has 110 valence electrons. The van der Waals surface area contributed by atoms with Gasteiger partial charge in [-0.2, -0.15) is 0 Å². The fourth-order valence-corrected chi connectivity index (χ4v) is 2.19. The molecule has 3 nitrogen and oxygen atoms in total. The summed E-state index contributed by atoms with van der Waals surface area (Å²) in [6.07, 6.45) is 0. The van der Waals surface area contributed by atoms with E-state index in [-0.39, 0.29) is 11.9 Å². The van der Waals surface area contributed by atoms with Gasteiger partial charge in [-0.25, -0.2) is 0 Å². The number of rotatable bonds is 5. The molecule has 0 N–H and O–H groups in total. The molecule has 0 spiro atoms. The monoisotopic (exact) mass is 283 g/mol. The highest BCUT2D eigenvalue weighted by molar-refractivity contribution is 5.94. The third-order valence-electron chi connectivity index (χ3n) is 3.40. The van der Waals surface area contributed by atoms with Crippen LogP contribution < -0.4 is 4.74 Å². The van der Waals surface area contributed by atoms with Crippen LogP contribution in [0.3, 0.4) is 0 Å². The molecule has 2 rings (SSSR count). The van der Waals surface area contributed by atoms with Gasteiger partial charge in [-0.1, -0.05) is 36.4 Å². The standard InChI is InChI=1S/C18H21NO2/c1-14(2)19(13-15-8-5-4-6-9-15)18(20)16-10-7-11-17(12-16)21-3/h4-12,14H,13H2,1-3H3. The van der Waals surface area contributed by atoms with Crippen LogP contribution in [0.4, 0.5) is 0 Å². The van der Waals surface area contributed by atoms with Gasteiger partial charge in [0, 0.05) is 18.2 Å². The van der Waals surface area contributed by atoms with E-state index < -0.39 is 0 Å². The summed E-state index contributed by atoms with van der Waals surface area (Å²) < 4.78 is 5.19. The highest BCUT2D eigenvalue weighted by atomic mass is 16.5. The first-order valence-electron chi connectivity index (χ1n) is 7.10. The van der Waals surface area contributed by atoms with Crippen LogP contribution in [0.15, 0.2) is 54.6 Å². The molecule has 0 fully saturated rings. The molecule has 0 radical (unpaired) electrons. The van der Waals surface area contributed by atoms with Crippen molar-refractivity contribution in [2.75, 3.05) is 7.11 Å². The highest BCUT2D eigenvalue weighted by Gasteiger charge is 2.19. The van der Waals surface area contributed by atoms with Crippen LogP contribution in [0.1, 0.15) is 29.8 Å². The van der Waals surface area contributed by atoms with Crippen molar-refractivity contribution in [3.63, 3.8) is 0 Å². The lowest BCUT2D eigenvalue weighted by Crippen LogP contribution is -2.36. The summed E-state index contributed by atoms with van der Waals surface area (Å²) in [6.45, 7) is 4.66. The molecule has 0 aliphatic rings. The first kappa shape index (κ1) is 15.1. The number of ether oxygens (including phenoxy) is 1. The van der Waals surface area contributed by atoms with Crippen LogP contribution in [0.5, 0.6) is 5.75 Å². The largest absolute Gasteiger partial charge is 0.497 e. The van der Waals surface area contributed by atoms with Crippen LogP contribution in [-0.2, 0) is 6.54 Å². The molecule has 0 bridgehead atoms. The van der Waals surface area contributed by atoms with E-state index >= 15 is 0 Å². The van der Waals surface area contributed by atoms with Gasteiger partial charge >= 0.3 is 0 Å². The number of amides is 1. The predicted molar refractivity (Wildman–Crippen MR) is 84.4 cm³/mol. The van der Waals surface area contributed by atoms with Crippen LogP contribution in [0.25, 0.3) is 0 Å². The number of carbonyl (C=O) groups is 1. The van der Waals surface area contributed by atoms with E-state index in [1.807, 2.05) is 67.3 Å². The zero-order chi connectivity index (χ0) is 15.2. The molecule has 21 heavy (non-hydrogen) atoms. The van der Waals surface area contributed by atoms with Crippen molar-refractivity contribution in [1.82, 2.24) is 4.90 Å². The molecule has 2 aromatic rings. The first-order chi connectivity index (χ1) is 10.1. The number of benzene rings is 2. The Hall–Kier alpha value is -2.29. The van der Waals surface area contributed by atoms with E-state index in [1.54, 1.807) is 13.2 Å². The maximum atomic E-state index is 12.7. The summed E-state index contributed by atoms with van der Waals surface area (Å²) in [7, 11) is 1.60. The minimum Gasteiger partial charge on any atom is -0.497 e. The average molecular weight is 283 g/mol. The number of carbonyl (C=O) groups excluding carboxylic acids is 1. The minimum absolute atomic E-state index is 0.0211.